The molecule has 1 aromatic heterocycles. The zero-order valence-electron chi connectivity index (χ0n) is 14.5. The smallest absolute Gasteiger partial charge is 0.281 e. The van der Waals surface area contributed by atoms with Gasteiger partial charge in [-0.25, -0.2) is 5.43 Å². The van der Waals surface area contributed by atoms with Crippen molar-refractivity contribution in [3.8, 4) is 5.75 Å². The topological polar surface area (TPSA) is 63.8 Å². The maximum absolute atomic E-state index is 12.4. The van der Waals surface area contributed by atoms with Crippen LogP contribution in [-0.2, 0) is 4.79 Å². The second-order valence-corrected chi connectivity index (χ2v) is 6.59. The lowest BCUT2D eigenvalue weighted by atomic mass is 10.1. The second kappa shape index (κ2) is 8.19. The van der Waals surface area contributed by atoms with Crippen LogP contribution in [0.2, 0.25) is 0 Å². The van der Waals surface area contributed by atoms with Gasteiger partial charge in [0, 0.05) is 0 Å². The van der Waals surface area contributed by atoms with E-state index in [0.29, 0.717) is 17.9 Å². The van der Waals surface area contributed by atoms with Crippen LogP contribution in [-0.4, -0.2) is 18.2 Å². The van der Waals surface area contributed by atoms with Gasteiger partial charge in [-0.3, -0.25) is 4.79 Å². The Labute approximate surface area is 160 Å². The highest BCUT2D eigenvalue weighted by molar-refractivity contribution is 9.10. The molecule has 0 aliphatic carbocycles. The van der Waals surface area contributed by atoms with Crippen LogP contribution in [0.25, 0.3) is 10.8 Å². The van der Waals surface area contributed by atoms with Crippen LogP contribution < -0.4 is 10.2 Å². The molecule has 1 heterocycles. The van der Waals surface area contributed by atoms with Crippen molar-refractivity contribution in [1.82, 2.24) is 5.43 Å². The van der Waals surface area contributed by atoms with Crippen molar-refractivity contribution in [3.05, 3.63) is 64.5 Å². The SMILES string of the molecule is CC[C@@H](Oc1ccc2ccccc2c1Br)C(=O)NN=Cc1ccc(C)o1. The monoisotopic (exact) mass is 414 g/mol. The van der Waals surface area contributed by atoms with Gasteiger partial charge >= 0.3 is 0 Å². The fourth-order valence-corrected chi connectivity index (χ4v) is 3.12. The van der Waals surface area contributed by atoms with Crippen molar-refractivity contribution in [3.63, 3.8) is 0 Å². The number of fused-ring (bicyclic) bond motifs is 1. The molecule has 0 spiro atoms. The number of amides is 1. The van der Waals surface area contributed by atoms with Crippen LogP contribution >= 0.6 is 15.9 Å². The van der Waals surface area contributed by atoms with Crippen molar-refractivity contribution in [2.45, 2.75) is 26.4 Å². The Morgan fingerprint density at radius 2 is 2.08 bits per heavy atom. The summed E-state index contributed by atoms with van der Waals surface area (Å²) < 4.78 is 12.1. The summed E-state index contributed by atoms with van der Waals surface area (Å²) >= 11 is 3.58. The van der Waals surface area contributed by atoms with Crippen molar-refractivity contribution in [2.75, 3.05) is 0 Å². The van der Waals surface area contributed by atoms with Gasteiger partial charge in [0.05, 0.1) is 10.7 Å². The number of rotatable bonds is 6. The van der Waals surface area contributed by atoms with E-state index in [0.717, 1.165) is 21.0 Å². The number of ether oxygens (including phenoxy) is 1. The van der Waals surface area contributed by atoms with Crippen LogP contribution in [0.3, 0.4) is 0 Å². The van der Waals surface area contributed by atoms with E-state index in [2.05, 4.69) is 26.5 Å². The second-order valence-electron chi connectivity index (χ2n) is 5.80. The molecule has 0 aliphatic heterocycles. The Bertz CT molecular complexity index is 949. The summed E-state index contributed by atoms with van der Waals surface area (Å²) in [5.74, 6) is 1.67. The molecule has 0 radical (unpaired) electrons. The Kier molecular flexibility index (Phi) is 5.73. The Morgan fingerprint density at radius 3 is 2.81 bits per heavy atom. The summed E-state index contributed by atoms with van der Waals surface area (Å²) in [6.45, 7) is 3.73. The van der Waals surface area contributed by atoms with Crippen LogP contribution in [0.15, 0.2) is 62.5 Å². The molecule has 0 fully saturated rings. The van der Waals surface area contributed by atoms with Gasteiger partial charge in [-0.05, 0) is 58.2 Å². The first kappa shape index (κ1) is 18.2. The number of hydrogen-bond donors (Lipinski definition) is 1. The molecule has 134 valence electrons. The van der Waals surface area contributed by atoms with Gasteiger partial charge in [-0.15, -0.1) is 0 Å². The molecule has 2 aromatic carbocycles. The Hall–Kier alpha value is -2.60. The number of carbonyl (C=O) groups excluding carboxylic acids is 1. The summed E-state index contributed by atoms with van der Waals surface area (Å²) in [6, 6.07) is 15.4. The molecule has 26 heavy (non-hydrogen) atoms. The predicted octanol–water partition coefficient (Wildman–Crippen LogP) is 4.81. The summed E-state index contributed by atoms with van der Waals surface area (Å²) in [5.41, 5.74) is 2.50. The van der Waals surface area contributed by atoms with Crippen molar-refractivity contribution in [1.29, 1.82) is 0 Å². The third-order valence-corrected chi connectivity index (χ3v) is 4.71. The lowest BCUT2D eigenvalue weighted by Crippen LogP contribution is -2.35. The number of benzene rings is 2. The van der Waals surface area contributed by atoms with Gasteiger partial charge in [0.2, 0.25) is 0 Å². The fourth-order valence-electron chi connectivity index (χ4n) is 2.53. The molecule has 0 aliphatic rings. The van der Waals surface area contributed by atoms with E-state index in [1.54, 1.807) is 6.07 Å². The first-order valence-corrected chi connectivity index (χ1v) is 9.11. The molecule has 1 N–H and O–H groups in total. The highest BCUT2D eigenvalue weighted by Crippen LogP contribution is 2.33. The minimum atomic E-state index is -0.650. The third-order valence-electron chi connectivity index (χ3n) is 3.89. The number of aryl methyl sites for hydroxylation is 1. The molecule has 0 unspecified atom stereocenters. The first-order valence-electron chi connectivity index (χ1n) is 8.31. The zero-order valence-corrected chi connectivity index (χ0v) is 16.1. The van der Waals surface area contributed by atoms with E-state index in [9.17, 15) is 4.79 Å². The lowest BCUT2D eigenvalue weighted by molar-refractivity contribution is -0.128. The molecule has 0 saturated heterocycles. The molecule has 0 saturated carbocycles. The number of hydrazone groups is 1. The average molecular weight is 415 g/mol. The van der Waals surface area contributed by atoms with Gasteiger partial charge in [0.25, 0.3) is 5.91 Å². The zero-order chi connectivity index (χ0) is 18.5. The van der Waals surface area contributed by atoms with Gasteiger partial charge < -0.3 is 9.15 Å². The molecule has 0 bridgehead atoms. The highest BCUT2D eigenvalue weighted by Gasteiger charge is 2.19. The Morgan fingerprint density at radius 1 is 1.27 bits per heavy atom. The molecular weight excluding hydrogens is 396 g/mol. The van der Waals surface area contributed by atoms with E-state index in [4.69, 9.17) is 9.15 Å². The molecular formula is C20H19BrN2O3. The van der Waals surface area contributed by atoms with E-state index in [1.165, 1.54) is 6.21 Å². The first-order chi connectivity index (χ1) is 12.6. The summed E-state index contributed by atoms with van der Waals surface area (Å²) in [5, 5.41) is 6.06. The standard InChI is InChI=1S/C20H19BrN2O3/c1-3-17(20(24)23-22-12-15-10-8-13(2)25-15)26-18-11-9-14-6-4-5-7-16(14)19(18)21/h4-12,17H,3H2,1-2H3,(H,23,24)/t17-/m1/s1. The maximum atomic E-state index is 12.4. The quantitative estimate of drug-likeness (QED) is 0.464. The average Bonchev–Trinajstić information content (AvgIpc) is 3.06. The largest absolute Gasteiger partial charge is 0.479 e. The van der Waals surface area contributed by atoms with Crippen LogP contribution in [0.1, 0.15) is 24.9 Å². The molecule has 6 heteroatoms. The summed E-state index contributed by atoms with van der Waals surface area (Å²) in [7, 11) is 0. The lowest BCUT2D eigenvalue weighted by Gasteiger charge is -2.17. The normalized spacial score (nSPS) is 12.4. The molecule has 1 amide bonds. The fraction of sp³-hybridized carbons (Fsp3) is 0.200. The van der Waals surface area contributed by atoms with Crippen molar-refractivity contribution < 1.29 is 13.9 Å². The summed E-state index contributed by atoms with van der Waals surface area (Å²) in [4.78, 5) is 12.4. The molecule has 3 rings (SSSR count). The number of carbonyl (C=O) groups is 1. The minimum Gasteiger partial charge on any atom is -0.479 e. The third kappa shape index (κ3) is 4.14. The Balaban J connectivity index is 1.69. The van der Waals surface area contributed by atoms with E-state index in [-0.39, 0.29) is 5.91 Å². The predicted molar refractivity (Wildman–Crippen MR) is 106 cm³/mol. The van der Waals surface area contributed by atoms with Crippen LogP contribution in [0.5, 0.6) is 5.75 Å². The van der Waals surface area contributed by atoms with Crippen LogP contribution in [0.4, 0.5) is 0 Å². The summed E-state index contributed by atoms with van der Waals surface area (Å²) in [6.07, 6.45) is 1.33. The molecule has 3 aromatic rings. The number of halogens is 1. The van der Waals surface area contributed by atoms with Gasteiger partial charge in [0.1, 0.15) is 17.3 Å². The van der Waals surface area contributed by atoms with Crippen LogP contribution in [0, 0.1) is 6.92 Å². The minimum absolute atomic E-state index is 0.313. The molecule has 5 nitrogen and oxygen atoms in total. The highest BCUT2D eigenvalue weighted by atomic mass is 79.9. The number of nitrogens with zero attached hydrogens (tertiary/aromatic N) is 1. The van der Waals surface area contributed by atoms with E-state index < -0.39 is 6.10 Å². The number of hydrogen-bond acceptors (Lipinski definition) is 4. The van der Waals surface area contributed by atoms with Gasteiger partial charge in [-0.2, -0.15) is 5.10 Å². The number of furan rings is 1. The van der Waals surface area contributed by atoms with E-state index >= 15 is 0 Å². The van der Waals surface area contributed by atoms with Crippen molar-refractivity contribution >= 4 is 38.8 Å². The molecule has 1 atom stereocenters. The maximum Gasteiger partial charge on any atom is 0.281 e. The van der Waals surface area contributed by atoms with Gasteiger partial charge in [-0.1, -0.05) is 37.3 Å². The van der Waals surface area contributed by atoms with Crippen molar-refractivity contribution in [2.24, 2.45) is 5.10 Å². The van der Waals surface area contributed by atoms with E-state index in [1.807, 2.05) is 56.3 Å². The number of nitrogens with one attached hydrogen (secondary N) is 1. The van der Waals surface area contributed by atoms with Gasteiger partial charge in [0.15, 0.2) is 6.10 Å².